The highest BCUT2D eigenvalue weighted by Gasteiger charge is 2.14. The van der Waals surface area contributed by atoms with Gasteiger partial charge in [0.05, 0.1) is 5.57 Å². The molecule has 0 aliphatic rings. The van der Waals surface area contributed by atoms with Crippen molar-refractivity contribution in [2.75, 3.05) is 13.2 Å². The maximum absolute atomic E-state index is 11.5. The zero-order valence-electron chi connectivity index (χ0n) is 17.2. The Morgan fingerprint density at radius 1 is 0.839 bits per heavy atom. The van der Waals surface area contributed by atoms with Gasteiger partial charge in [-0.05, 0) is 30.2 Å². The normalized spacial score (nSPS) is 11.1. The molecule has 3 aromatic rings. The number of aliphatic carboxylic acids is 1. The van der Waals surface area contributed by atoms with E-state index in [2.05, 4.69) is 0 Å². The van der Waals surface area contributed by atoms with E-state index in [1.807, 2.05) is 42.5 Å². The summed E-state index contributed by atoms with van der Waals surface area (Å²) in [6.45, 7) is 2.47. The van der Waals surface area contributed by atoms with E-state index in [1.54, 1.807) is 31.2 Å². The molecule has 0 bridgehead atoms. The monoisotopic (exact) mass is 420 g/mol. The molecular formula is C25H24O6. The number of phenols is 1. The number of hydrogen-bond acceptors (Lipinski definition) is 5. The molecule has 0 spiro atoms. The van der Waals surface area contributed by atoms with Gasteiger partial charge in [0.1, 0.15) is 42.8 Å². The van der Waals surface area contributed by atoms with E-state index in [9.17, 15) is 15.0 Å². The Morgan fingerprint density at radius 2 is 1.45 bits per heavy atom. The summed E-state index contributed by atoms with van der Waals surface area (Å²) in [6, 6.07) is 21.2. The molecule has 160 valence electrons. The van der Waals surface area contributed by atoms with Gasteiger partial charge in [-0.1, -0.05) is 48.5 Å². The number of aromatic hydroxyl groups is 1. The third-order valence-electron chi connectivity index (χ3n) is 4.45. The Labute approximate surface area is 181 Å². The first kappa shape index (κ1) is 21.8. The maximum atomic E-state index is 11.5. The minimum Gasteiger partial charge on any atom is -0.508 e. The molecule has 0 unspecified atom stereocenters. The van der Waals surface area contributed by atoms with Crippen LogP contribution in [0.5, 0.6) is 23.0 Å². The van der Waals surface area contributed by atoms with Crippen LogP contribution in [-0.2, 0) is 11.4 Å². The standard InChI is InChI=1S/C25H24O6/c1-2-23(25(27)28)24-11-7-6-8-18(24)17-31-22-15-19(26)14-21(16-22)30-13-12-29-20-9-4-3-5-10-20/h2-11,14-16,26H,12-13,17H2,1H3,(H,27,28). The highest BCUT2D eigenvalue weighted by atomic mass is 16.5. The van der Waals surface area contributed by atoms with Gasteiger partial charge in [0.25, 0.3) is 0 Å². The summed E-state index contributed by atoms with van der Waals surface area (Å²) in [5.41, 5.74) is 1.52. The topological polar surface area (TPSA) is 85.2 Å². The molecule has 0 amide bonds. The summed E-state index contributed by atoms with van der Waals surface area (Å²) in [4.78, 5) is 11.5. The van der Waals surface area contributed by atoms with Crippen molar-refractivity contribution in [1.29, 1.82) is 0 Å². The second-order valence-electron chi connectivity index (χ2n) is 6.63. The third-order valence-corrected chi connectivity index (χ3v) is 4.45. The lowest BCUT2D eigenvalue weighted by molar-refractivity contribution is -0.130. The van der Waals surface area contributed by atoms with E-state index in [4.69, 9.17) is 14.2 Å². The Morgan fingerprint density at radius 3 is 2.13 bits per heavy atom. The largest absolute Gasteiger partial charge is 0.508 e. The predicted molar refractivity (Wildman–Crippen MR) is 118 cm³/mol. The molecule has 3 aromatic carbocycles. The van der Waals surface area contributed by atoms with Crippen LogP contribution >= 0.6 is 0 Å². The van der Waals surface area contributed by atoms with Crippen molar-refractivity contribution in [3.8, 4) is 23.0 Å². The van der Waals surface area contributed by atoms with Gasteiger partial charge >= 0.3 is 5.97 Å². The summed E-state index contributed by atoms with van der Waals surface area (Å²) in [5.74, 6) is 0.613. The van der Waals surface area contributed by atoms with Crippen LogP contribution in [0, 0.1) is 0 Å². The van der Waals surface area contributed by atoms with E-state index >= 15 is 0 Å². The van der Waals surface area contributed by atoms with Crippen molar-refractivity contribution in [2.45, 2.75) is 13.5 Å². The second-order valence-corrected chi connectivity index (χ2v) is 6.63. The Bertz CT molecular complexity index is 1040. The third kappa shape index (κ3) is 6.27. The first-order valence-corrected chi connectivity index (χ1v) is 9.82. The number of para-hydroxylation sites is 1. The zero-order chi connectivity index (χ0) is 22.1. The van der Waals surface area contributed by atoms with Gasteiger partial charge in [-0.15, -0.1) is 0 Å². The van der Waals surface area contributed by atoms with Crippen LogP contribution < -0.4 is 14.2 Å². The minimum atomic E-state index is -0.999. The molecule has 6 nitrogen and oxygen atoms in total. The van der Waals surface area contributed by atoms with Crippen molar-refractivity contribution in [3.63, 3.8) is 0 Å². The molecule has 0 saturated heterocycles. The SMILES string of the molecule is CC=C(C(=O)O)c1ccccc1COc1cc(O)cc(OCCOc2ccccc2)c1. The van der Waals surface area contributed by atoms with Crippen molar-refractivity contribution in [3.05, 3.63) is 90.0 Å². The quantitative estimate of drug-likeness (QED) is 0.358. The molecule has 31 heavy (non-hydrogen) atoms. The van der Waals surface area contributed by atoms with Crippen molar-refractivity contribution in [2.24, 2.45) is 0 Å². The van der Waals surface area contributed by atoms with Gasteiger partial charge in [0, 0.05) is 18.2 Å². The molecule has 0 fully saturated rings. The van der Waals surface area contributed by atoms with Crippen LogP contribution in [0.25, 0.3) is 5.57 Å². The van der Waals surface area contributed by atoms with Crippen LogP contribution in [0.2, 0.25) is 0 Å². The van der Waals surface area contributed by atoms with Crippen LogP contribution in [0.4, 0.5) is 0 Å². The van der Waals surface area contributed by atoms with Crippen molar-refractivity contribution >= 4 is 11.5 Å². The van der Waals surface area contributed by atoms with E-state index in [-0.39, 0.29) is 17.9 Å². The number of ether oxygens (including phenoxy) is 3. The molecule has 6 heteroatoms. The highest BCUT2D eigenvalue weighted by Crippen LogP contribution is 2.28. The summed E-state index contributed by atoms with van der Waals surface area (Å²) >= 11 is 0. The zero-order valence-corrected chi connectivity index (χ0v) is 17.2. The van der Waals surface area contributed by atoms with Gasteiger partial charge in [-0.3, -0.25) is 0 Å². The van der Waals surface area contributed by atoms with Gasteiger partial charge in [0.2, 0.25) is 0 Å². The molecular weight excluding hydrogens is 396 g/mol. The van der Waals surface area contributed by atoms with Crippen LogP contribution in [0.3, 0.4) is 0 Å². The van der Waals surface area contributed by atoms with Crippen LogP contribution in [-0.4, -0.2) is 29.4 Å². The average molecular weight is 420 g/mol. The number of hydrogen-bond donors (Lipinski definition) is 2. The lowest BCUT2D eigenvalue weighted by Gasteiger charge is -2.13. The molecule has 0 aromatic heterocycles. The van der Waals surface area contributed by atoms with Gasteiger partial charge in [0.15, 0.2) is 0 Å². The van der Waals surface area contributed by atoms with Gasteiger partial charge in [-0.25, -0.2) is 4.79 Å². The van der Waals surface area contributed by atoms with E-state index in [0.717, 1.165) is 11.3 Å². The Hall–Kier alpha value is -3.93. The lowest BCUT2D eigenvalue weighted by atomic mass is 10.00. The van der Waals surface area contributed by atoms with Gasteiger partial charge in [-0.2, -0.15) is 0 Å². The lowest BCUT2D eigenvalue weighted by Crippen LogP contribution is -2.09. The highest BCUT2D eigenvalue weighted by molar-refractivity contribution is 6.15. The molecule has 0 radical (unpaired) electrons. The van der Waals surface area contributed by atoms with E-state index in [1.165, 1.54) is 12.1 Å². The number of carboxylic acids is 1. The molecule has 0 saturated carbocycles. The summed E-state index contributed by atoms with van der Waals surface area (Å²) in [6.07, 6.45) is 1.55. The fourth-order valence-corrected chi connectivity index (χ4v) is 3.02. The maximum Gasteiger partial charge on any atom is 0.335 e. The molecule has 3 rings (SSSR count). The number of phenolic OH excluding ortho intramolecular Hbond substituents is 1. The Kier molecular flexibility index (Phi) is 7.54. The first-order valence-electron chi connectivity index (χ1n) is 9.82. The summed E-state index contributed by atoms with van der Waals surface area (Å²) < 4.78 is 17.1. The molecule has 0 heterocycles. The van der Waals surface area contributed by atoms with E-state index in [0.29, 0.717) is 30.3 Å². The first-order chi connectivity index (χ1) is 15.1. The smallest absolute Gasteiger partial charge is 0.335 e. The molecule has 0 atom stereocenters. The van der Waals surface area contributed by atoms with Crippen molar-refractivity contribution in [1.82, 2.24) is 0 Å². The summed E-state index contributed by atoms with van der Waals surface area (Å²) in [7, 11) is 0. The van der Waals surface area contributed by atoms with Crippen molar-refractivity contribution < 1.29 is 29.2 Å². The van der Waals surface area contributed by atoms with E-state index < -0.39 is 5.97 Å². The van der Waals surface area contributed by atoms with Crippen LogP contribution in [0.1, 0.15) is 18.1 Å². The molecule has 2 N–H and O–H groups in total. The average Bonchev–Trinajstić information content (AvgIpc) is 2.77. The number of carbonyl (C=O) groups is 1. The number of carboxylic acid groups (broad SMARTS) is 1. The number of rotatable bonds is 10. The molecule has 0 aliphatic carbocycles. The number of benzene rings is 3. The molecule has 0 aliphatic heterocycles. The predicted octanol–water partition coefficient (Wildman–Crippen LogP) is 4.92. The minimum absolute atomic E-state index is 0.00411. The second kappa shape index (κ2) is 10.7. The fraction of sp³-hybridized carbons (Fsp3) is 0.160. The van der Waals surface area contributed by atoms with Crippen LogP contribution in [0.15, 0.2) is 78.9 Å². The Balaban J connectivity index is 1.62. The fourth-order valence-electron chi connectivity index (χ4n) is 3.02. The summed E-state index contributed by atoms with van der Waals surface area (Å²) in [5, 5.41) is 19.4. The van der Waals surface area contributed by atoms with Gasteiger partial charge < -0.3 is 24.4 Å². The number of allylic oxidation sites excluding steroid dienone is 1.